The first-order valence-electron chi connectivity index (χ1n) is 11.3. The predicted molar refractivity (Wildman–Crippen MR) is 136 cm³/mol. The van der Waals surface area contributed by atoms with Crippen molar-refractivity contribution < 1.29 is 13.2 Å². The number of piperidine rings is 1. The molecule has 1 aromatic heterocycles. The van der Waals surface area contributed by atoms with E-state index >= 15 is 0 Å². The number of pyridine rings is 1. The second kappa shape index (κ2) is 9.15. The number of rotatable bonds is 4. The number of nitrogens with zero attached hydrogens (tertiary/aromatic N) is 3. The summed E-state index contributed by atoms with van der Waals surface area (Å²) in [6.45, 7) is 2.25. The molecule has 0 atom stereocenters. The summed E-state index contributed by atoms with van der Waals surface area (Å²) in [5, 5.41) is 3.01. The zero-order valence-corrected chi connectivity index (χ0v) is 21.3. The summed E-state index contributed by atoms with van der Waals surface area (Å²) < 4.78 is 28.5. The molecule has 178 valence electrons. The van der Waals surface area contributed by atoms with Crippen LogP contribution in [0.2, 0.25) is 5.02 Å². The van der Waals surface area contributed by atoms with Gasteiger partial charge in [0.15, 0.2) is 0 Å². The Morgan fingerprint density at radius 2 is 1.82 bits per heavy atom. The van der Waals surface area contributed by atoms with Crippen molar-refractivity contribution >= 4 is 50.1 Å². The molecular formula is C25H26ClN3O3S2. The summed E-state index contributed by atoms with van der Waals surface area (Å²) in [6.07, 6.45) is 6.03. The average molecular weight is 516 g/mol. The van der Waals surface area contributed by atoms with Gasteiger partial charge in [0.25, 0.3) is 5.91 Å². The van der Waals surface area contributed by atoms with Crippen molar-refractivity contribution in [3.63, 3.8) is 0 Å². The van der Waals surface area contributed by atoms with Gasteiger partial charge in [-0.3, -0.25) is 4.79 Å². The van der Waals surface area contributed by atoms with E-state index in [1.54, 1.807) is 40.8 Å². The highest BCUT2D eigenvalue weighted by molar-refractivity contribution is 7.98. The van der Waals surface area contributed by atoms with Crippen LogP contribution in [0, 0.1) is 5.41 Å². The maximum atomic E-state index is 13.4. The first-order chi connectivity index (χ1) is 16.3. The number of carbonyl (C=O) groups excluding carboxylic acids is 1. The second-order valence-electron chi connectivity index (χ2n) is 9.06. The van der Waals surface area contributed by atoms with E-state index in [-0.39, 0.29) is 11.3 Å². The molecule has 3 heterocycles. The number of hydrogen-bond donors (Lipinski definition) is 0. The van der Waals surface area contributed by atoms with E-state index in [0.29, 0.717) is 41.7 Å². The van der Waals surface area contributed by atoms with Crippen LogP contribution in [0.1, 0.15) is 29.6 Å². The van der Waals surface area contributed by atoms with Crippen LogP contribution in [-0.2, 0) is 10.0 Å². The fraction of sp³-hybridized carbons (Fsp3) is 0.360. The third-order valence-electron chi connectivity index (χ3n) is 7.15. The Morgan fingerprint density at radius 3 is 2.59 bits per heavy atom. The highest BCUT2D eigenvalue weighted by Crippen LogP contribution is 2.42. The van der Waals surface area contributed by atoms with Crippen LogP contribution in [-0.4, -0.2) is 60.9 Å². The molecule has 0 bridgehead atoms. The Bertz CT molecular complexity index is 1350. The van der Waals surface area contributed by atoms with Crippen molar-refractivity contribution in [2.24, 2.45) is 5.41 Å². The molecule has 2 saturated heterocycles. The van der Waals surface area contributed by atoms with Gasteiger partial charge < -0.3 is 4.90 Å². The molecule has 9 heteroatoms. The monoisotopic (exact) mass is 515 g/mol. The minimum Gasteiger partial charge on any atom is -0.339 e. The Labute approximate surface area is 209 Å². The summed E-state index contributed by atoms with van der Waals surface area (Å²) in [4.78, 5) is 19.6. The van der Waals surface area contributed by atoms with E-state index in [2.05, 4.69) is 4.98 Å². The highest BCUT2D eigenvalue weighted by atomic mass is 35.5. The fourth-order valence-corrected chi connectivity index (χ4v) is 7.49. The number of aromatic nitrogens is 1. The van der Waals surface area contributed by atoms with Crippen LogP contribution in [0.5, 0.6) is 0 Å². The maximum Gasteiger partial charge on any atom is 0.256 e. The van der Waals surface area contributed by atoms with Gasteiger partial charge in [0, 0.05) is 42.8 Å². The number of carbonyl (C=O) groups is 1. The van der Waals surface area contributed by atoms with Crippen LogP contribution in [0.3, 0.4) is 0 Å². The third kappa shape index (κ3) is 4.21. The molecule has 1 amide bonds. The number of likely N-dealkylation sites (tertiary alicyclic amines) is 1. The molecule has 2 fully saturated rings. The second-order valence-corrected chi connectivity index (χ2v) is 12.2. The minimum atomic E-state index is -3.60. The van der Waals surface area contributed by atoms with Crippen LogP contribution in [0.4, 0.5) is 0 Å². The van der Waals surface area contributed by atoms with Crippen molar-refractivity contribution in [1.82, 2.24) is 14.2 Å². The SMILES string of the molecule is CSc1ncccc1C(=O)N1CCC2(CC1)CCN(S(=O)(=O)c1ccc3c(Cl)cccc3c1)C2. The van der Waals surface area contributed by atoms with Gasteiger partial charge in [-0.25, -0.2) is 13.4 Å². The van der Waals surface area contributed by atoms with Gasteiger partial charge in [0.2, 0.25) is 10.0 Å². The standard InChI is InChI=1S/C25H26ClN3O3S2/c1-33-23-21(5-3-12-27-23)24(30)28-13-9-25(10-14-28)11-15-29(17-25)34(31,32)19-7-8-20-18(16-19)4-2-6-22(20)26/h2-8,12,16H,9-11,13-15,17H2,1H3. The lowest BCUT2D eigenvalue weighted by molar-refractivity contribution is 0.0595. The smallest absolute Gasteiger partial charge is 0.256 e. The van der Waals surface area contributed by atoms with Gasteiger partial charge in [0.05, 0.1) is 10.5 Å². The van der Waals surface area contributed by atoms with Crippen molar-refractivity contribution in [2.45, 2.75) is 29.2 Å². The van der Waals surface area contributed by atoms with Crippen LogP contribution >= 0.6 is 23.4 Å². The Hall–Kier alpha value is -2.13. The van der Waals surface area contributed by atoms with Crippen LogP contribution in [0.25, 0.3) is 10.8 Å². The van der Waals surface area contributed by atoms with E-state index in [4.69, 9.17) is 11.6 Å². The topological polar surface area (TPSA) is 70.6 Å². The van der Waals surface area contributed by atoms with Gasteiger partial charge >= 0.3 is 0 Å². The molecule has 1 spiro atoms. The first kappa shape index (κ1) is 23.6. The quantitative estimate of drug-likeness (QED) is 0.461. The van der Waals surface area contributed by atoms with E-state index in [0.717, 1.165) is 35.1 Å². The molecule has 2 aromatic carbocycles. The van der Waals surface area contributed by atoms with Gasteiger partial charge in [-0.05, 0) is 66.7 Å². The molecule has 2 aliphatic rings. The summed E-state index contributed by atoms with van der Waals surface area (Å²) in [5.74, 6) is 0.00426. The van der Waals surface area contributed by atoms with Crippen molar-refractivity contribution in [1.29, 1.82) is 0 Å². The van der Waals surface area contributed by atoms with Gasteiger partial charge in [-0.2, -0.15) is 4.31 Å². The average Bonchev–Trinajstić information content (AvgIpc) is 3.28. The lowest BCUT2D eigenvalue weighted by Crippen LogP contribution is -2.44. The highest BCUT2D eigenvalue weighted by Gasteiger charge is 2.45. The van der Waals surface area contributed by atoms with Gasteiger partial charge in [0.1, 0.15) is 5.03 Å². The predicted octanol–water partition coefficient (Wildman–Crippen LogP) is 4.93. The number of benzene rings is 2. The summed E-state index contributed by atoms with van der Waals surface area (Å²) in [6, 6.07) is 14.3. The van der Waals surface area contributed by atoms with Crippen molar-refractivity contribution in [3.8, 4) is 0 Å². The van der Waals surface area contributed by atoms with E-state index in [9.17, 15) is 13.2 Å². The van der Waals surface area contributed by atoms with E-state index in [1.165, 1.54) is 11.8 Å². The molecule has 6 nitrogen and oxygen atoms in total. The molecule has 0 aliphatic carbocycles. The number of halogens is 1. The number of sulfonamides is 1. The fourth-order valence-electron chi connectivity index (χ4n) is 5.11. The maximum absolute atomic E-state index is 13.4. The summed E-state index contributed by atoms with van der Waals surface area (Å²) in [5.41, 5.74) is 0.555. The number of amides is 1. The Morgan fingerprint density at radius 1 is 1.06 bits per heavy atom. The number of hydrogen-bond acceptors (Lipinski definition) is 5. The molecule has 0 N–H and O–H groups in total. The largest absolute Gasteiger partial charge is 0.339 e. The zero-order chi connectivity index (χ0) is 23.9. The minimum absolute atomic E-state index is 0.00426. The van der Waals surface area contributed by atoms with Crippen molar-refractivity contribution in [3.05, 3.63) is 65.3 Å². The van der Waals surface area contributed by atoms with Gasteiger partial charge in [-0.15, -0.1) is 11.8 Å². The Balaban J connectivity index is 1.29. The first-order valence-corrected chi connectivity index (χ1v) is 14.3. The third-order valence-corrected chi connectivity index (χ3v) is 10.0. The molecule has 0 saturated carbocycles. The summed E-state index contributed by atoms with van der Waals surface area (Å²) in [7, 11) is -3.60. The number of thioether (sulfide) groups is 1. The van der Waals surface area contributed by atoms with Crippen molar-refractivity contribution in [2.75, 3.05) is 32.4 Å². The van der Waals surface area contributed by atoms with Crippen LogP contribution < -0.4 is 0 Å². The molecular weight excluding hydrogens is 490 g/mol. The normalized spacial score (nSPS) is 18.6. The Kier molecular flexibility index (Phi) is 6.35. The zero-order valence-electron chi connectivity index (χ0n) is 18.9. The molecule has 0 unspecified atom stereocenters. The van der Waals surface area contributed by atoms with Crippen LogP contribution in [0.15, 0.2) is 64.6 Å². The van der Waals surface area contributed by atoms with Gasteiger partial charge in [-0.1, -0.05) is 29.8 Å². The number of fused-ring (bicyclic) bond motifs is 1. The lowest BCUT2D eigenvalue weighted by Gasteiger charge is -2.39. The molecule has 5 rings (SSSR count). The molecule has 0 radical (unpaired) electrons. The van der Waals surface area contributed by atoms with E-state index in [1.807, 2.05) is 29.4 Å². The summed E-state index contributed by atoms with van der Waals surface area (Å²) >= 11 is 7.72. The molecule has 34 heavy (non-hydrogen) atoms. The molecule has 3 aromatic rings. The van der Waals surface area contributed by atoms with E-state index < -0.39 is 10.0 Å². The molecule has 2 aliphatic heterocycles. The lowest BCUT2D eigenvalue weighted by atomic mass is 9.78.